The minimum atomic E-state index is -0.571. The van der Waals surface area contributed by atoms with Crippen molar-refractivity contribution < 1.29 is 18.7 Å². The van der Waals surface area contributed by atoms with Gasteiger partial charge in [-0.05, 0) is 50.8 Å². The first-order chi connectivity index (χ1) is 11.5. The Kier molecular flexibility index (Phi) is 7.87. The number of hydrogen-bond donors (Lipinski definition) is 2. The highest BCUT2D eigenvalue weighted by atomic mass is 19.1. The van der Waals surface area contributed by atoms with Crippen LogP contribution in [-0.4, -0.2) is 30.2 Å². The van der Waals surface area contributed by atoms with Gasteiger partial charge >= 0.3 is 6.09 Å². The van der Waals surface area contributed by atoms with E-state index in [-0.39, 0.29) is 24.2 Å². The standard InChI is InChI=1S/C19H29FN2O3/c1-13(2)10-16(22-18(24)25-19(3,4)5)12-21-17(23)11-14-6-8-15(20)9-7-14/h6-9,13,16H,10-12H2,1-5H3,(H,21,23)(H,22,24)/t16-/m0/s1. The molecule has 6 heteroatoms. The van der Waals surface area contributed by atoms with Crippen LogP contribution in [0.15, 0.2) is 24.3 Å². The molecule has 0 aliphatic rings. The van der Waals surface area contributed by atoms with Gasteiger partial charge in [-0.15, -0.1) is 0 Å². The highest BCUT2D eigenvalue weighted by Gasteiger charge is 2.20. The maximum absolute atomic E-state index is 12.9. The minimum Gasteiger partial charge on any atom is -0.444 e. The Morgan fingerprint density at radius 3 is 2.28 bits per heavy atom. The second-order valence-electron chi connectivity index (χ2n) is 7.58. The van der Waals surface area contributed by atoms with Gasteiger partial charge in [-0.2, -0.15) is 0 Å². The Morgan fingerprint density at radius 2 is 1.76 bits per heavy atom. The molecule has 140 valence electrons. The quantitative estimate of drug-likeness (QED) is 0.790. The predicted octanol–water partition coefficient (Wildman–Crippen LogP) is 3.42. The van der Waals surface area contributed by atoms with Gasteiger partial charge in [0, 0.05) is 12.6 Å². The van der Waals surface area contributed by atoms with E-state index in [2.05, 4.69) is 10.6 Å². The first-order valence-corrected chi connectivity index (χ1v) is 8.56. The lowest BCUT2D eigenvalue weighted by molar-refractivity contribution is -0.120. The summed E-state index contributed by atoms with van der Waals surface area (Å²) in [6, 6.07) is 5.61. The van der Waals surface area contributed by atoms with Crippen LogP contribution in [0.1, 0.15) is 46.6 Å². The smallest absolute Gasteiger partial charge is 0.407 e. The predicted molar refractivity (Wildman–Crippen MR) is 95.7 cm³/mol. The van der Waals surface area contributed by atoms with Crippen molar-refractivity contribution in [2.75, 3.05) is 6.54 Å². The Bertz CT molecular complexity index is 565. The molecular weight excluding hydrogens is 323 g/mol. The molecule has 2 amide bonds. The topological polar surface area (TPSA) is 67.4 Å². The molecule has 1 aromatic carbocycles. The molecule has 5 nitrogen and oxygen atoms in total. The summed E-state index contributed by atoms with van der Waals surface area (Å²) in [7, 11) is 0. The van der Waals surface area contributed by atoms with Crippen LogP contribution >= 0.6 is 0 Å². The second-order valence-corrected chi connectivity index (χ2v) is 7.58. The maximum Gasteiger partial charge on any atom is 0.407 e. The number of hydrogen-bond acceptors (Lipinski definition) is 3. The third-order valence-electron chi connectivity index (χ3n) is 3.30. The zero-order chi connectivity index (χ0) is 19.0. The van der Waals surface area contributed by atoms with Crippen LogP contribution in [0.3, 0.4) is 0 Å². The first-order valence-electron chi connectivity index (χ1n) is 8.56. The number of benzene rings is 1. The fraction of sp³-hybridized carbons (Fsp3) is 0.579. The lowest BCUT2D eigenvalue weighted by Gasteiger charge is -2.25. The SMILES string of the molecule is CC(C)C[C@@H](CNC(=O)Cc1ccc(F)cc1)NC(=O)OC(C)(C)C. The summed E-state index contributed by atoms with van der Waals surface area (Å²) >= 11 is 0. The van der Waals surface area contributed by atoms with E-state index in [1.54, 1.807) is 32.9 Å². The Balaban J connectivity index is 2.52. The van der Waals surface area contributed by atoms with Crippen LogP contribution in [0.5, 0.6) is 0 Å². The minimum absolute atomic E-state index is 0.168. The average molecular weight is 352 g/mol. The summed E-state index contributed by atoms with van der Waals surface area (Å²) in [5.41, 5.74) is 0.164. The van der Waals surface area contributed by atoms with E-state index in [1.165, 1.54) is 12.1 Å². The van der Waals surface area contributed by atoms with Crippen LogP contribution in [0.4, 0.5) is 9.18 Å². The van der Waals surface area contributed by atoms with Crippen molar-refractivity contribution in [1.82, 2.24) is 10.6 Å². The molecular formula is C19H29FN2O3. The van der Waals surface area contributed by atoms with Gasteiger partial charge in [-0.3, -0.25) is 4.79 Å². The molecule has 1 rings (SSSR count). The summed E-state index contributed by atoms with van der Waals surface area (Å²) < 4.78 is 18.2. The van der Waals surface area contributed by atoms with Gasteiger partial charge in [0.05, 0.1) is 6.42 Å². The lowest BCUT2D eigenvalue weighted by Crippen LogP contribution is -2.46. The van der Waals surface area contributed by atoms with Crippen LogP contribution in [-0.2, 0) is 16.0 Å². The van der Waals surface area contributed by atoms with Gasteiger partial charge in [-0.25, -0.2) is 9.18 Å². The zero-order valence-corrected chi connectivity index (χ0v) is 15.7. The molecule has 0 bridgehead atoms. The van der Waals surface area contributed by atoms with Crippen molar-refractivity contribution in [2.45, 2.75) is 59.1 Å². The van der Waals surface area contributed by atoms with Crippen molar-refractivity contribution in [2.24, 2.45) is 5.92 Å². The zero-order valence-electron chi connectivity index (χ0n) is 15.7. The van der Waals surface area contributed by atoms with Gasteiger partial charge < -0.3 is 15.4 Å². The monoisotopic (exact) mass is 352 g/mol. The number of carbonyl (C=O) groups is 2. The van der Waals surface area contributed by atoms with Gasteiger partial charge in [0.1, 0.15) is 11.4 Å². The highest BCUT2D eigenvalue weighted by Crippen LogP contribution is 2.09. The Hall–Kier alpha value is -2.11. The van der Waals surface area contributed by atoms with Crippen LogP contribution in [0, 0.1) is 11.7 Å². The lowest BCUT2D eigenvalue weighted by atomic mass is 10.0. The van der Waals surface area contributed by atoms with Crippen molar-refractivity contribution >= 4 is 12.0 Å². The number of amides is 2. The molecule has 0 saturated carbocycles. The van der Waals surface area contributed by atoms with Crippen LogP contribution < -0.4 is 10.6 Å². The number of carbonyl (C=O) groups excluding carboxylic acids is 2. The van der Waals surface area contributed by atoms with Crippen molar-refractivity contribution in [3.8, 4) is 0 Å². The summed E-state index contributed by atoms with van der Waals surface area (Å²) in [6.07, 6.45) is 0.392. The Morgan fingerprint density at radius 1 is 1.16 bits per heavy atom. The van der Waals surface area contributed by atoms with Gasteiger partial charge in [0.25, 0.3) is 0 Å². The highest BCUT2D eigenvalue weighted by molar-refractivity contribution is 5.78. The molecule has 1 aromatic rings. The maximum atomic E-state index is 12.9. The Labute approximate surface area is 149 Å². The van der Waals surface area contributed by atoms with E-state index in [0.717, 1.165) is 12.0 Å². The molecule has 1 atom stereocenters. The van der Waals surface area contributed by atoms with Crippen LogP contribution in [0.2, 0.25) is 0 Å². The van der Waals surface area contributed by atoms with Crippen molar-refractivity contribution in [3.63, 3.8) is 0 Å². The van der Waals surface area contributed by atoms with E-state index < -0.39 is 11.7 Å². The van der Waals surface area contributed by atoms with Crippen LogP contribution in [0.25, 0.3) is 0 Å². The van der Waals surface area contributed by atoms with E-state index in [1.807, 2.05) is 13.8 Å². The van der Waals surface area contributed by atoms with E-state index >= 15 is 0 Å². The molecule has 0 unspecified atom stereocenters. The first kappa shape index (κ1) is 20.9. The molecule has 2 N–H and O–H groups in total. The molecule has 0 aromatic heterocycles. The van der Waals surface area contributed by atoms with Crippen molar-refractivity contribution in [1.29, 1.82) is 0 Å². The molecule has 0 aliphatic carbocycles. The third kappa shape index (κ3) is 9.69. The van der Waals surface area contributed by atoms with E-state index in [4.69, 9.17) is 4.74 Å². The van der Waals surface area contributed by atoms with Gasteiger partial charge in [0.15, 0.2) is 0 Å². The molecule has 0 heterocycles. The largest absolute Gasteiger partial charge is 0.444 e. The number of nitrogens with one attached hydrogen (secondary N) is 2. The third-order valence-corrected chi connectivity index (χ3v) is 3.30. The number of halogens is 1. The van der Waals surface area contributed by atoms with E-state index in [0.29, 0.717) is 12.5 Å². The molecule has 0 radical (unpaired) electrons. The van der Waals surface area contributed by atoms with Gasteiger partial charge in [-0.1, -0.05) is 26.0 Å². The summed E-state index contributed by atoms with van der Waals surface area (Å²) in [5.74, 6) is -0.150. The molecule has 0 spiro atoms. The fourth-order valence-electron chi connectivity index (χ4n) is 2.32. The average Bonchev–Trinajstić information content (AvgIpc) is 2.44. The molecule has 0 fully saturated rings. The van der Waals surface area contributed by atoms with E-state index in [9.17, 15) is 14.0 Å². The summed E-state index contributed by atoms with van der Waals surface area (Å²) in [6.45, 7) is 9.81. The second kappa shape index (κ2) is 9.39. The van der Waals surface area contributed by atoms with Crippen molar-refractivity contribution in [3.05, 3.63) is 35.6 Å². The fourth-order valence-corrected chi connectivity index (χ4v) is 2.32. The number of rotatable bonds is 7. The molecule has 0 saturated heterocycles. The summed E-state index contributed by atoms with van der Waals surface area (Å²) in [4.78, 5) is 24.0. The normalized spacial score (nSPS) is 12.6. The molecule has 25 heavy (non-hydrogen) atoms. The summed E-state index contributed by atoms with van der Waals surface area (Å²) in [5, 5.41) is 5.62. The number of ether oxygens (including phenoxy) is 1. The van der Waals surface area contributed by atoms with Gasteiger partial charge in [0.2, 0.25) is 5.91 Å². The number of alkyl carbamates (subject to hydrolysis) is 1. The molecule has 0 aliphatic heterocycles.